The second-order valence-corrected chi connectivity index (χ2v) is 8.10. The van der Waals surface area contributed by atoms with Crippen molar-refractivity contribution in [1.29, 1.82) is 0 Å². The van der Waals surface area contributed by atoms with Gasteiger partial charge in [0.25, 0.3) is 0 Å². The fraction of sp³-hybridized carbons (Fsp3) is 0.474. The van der Waals surface area contributed by atoms with Gasteiger partial charge in [0.2, 0.25) is 0 Å². The topological polar surface area (TPSA) is 15.3 Å². The molecule has 2 fully saturated rings. The molecule has 1 saturated carbocycles. The summed E-state index contributed by atoms with van der Waals surface area (Å²) in [4.78, 5) is 5.43. The van der Waals surface area contributed by atoms with Crippen LogP contribution in [0.4, 0.5) is 0 Å². The Bertz CT molecular complexity index is 634. The lowest BCUT2D eigenvalue weighted by Gasteiger charge is -2.26. The van der Waals surface area contributed by atoms with Gasteiger partial charge in [-0.1, -0.05) is 31.2 Å². The molecule has 1 N–H and O–H groups in total. The summed E-state index contributed by atoms with van der Waals surface area (Å²) < 4.78 is 0. The highest BCUT2D eigenvalue weighted by Crippen LogP contribution is 2.47. The second kappa shape index (κ2) is 5.80. The average Bonchev–Trinajstić information content (AvgIpc) is 3.14. The maximum atomic E-state index is 3.42. The molecular weight excluding hydrogens is 288 g/mol. The third-order valence-corrected chi connectivity index (χ3v) is 6.24. The lowest BCUT2D eigenvalue weighted by atomic mass is 9.97. The summed E-state index contributed by atoms with van der Waals surface area (Å²) in [6, 6.07) is 13.9. The second-order valence-electron chi connectivity index (χ2n) is 6.93. The summed E-state index contributed by atoms with van der Waals surface area (Å²) in [5, 5.41) is 3.42. The monoisotopic (exact) mass is 312 g/mol. The highest BCUT2D eigenvalue weighted by Gasteiger charge is 2.38. The van der Waals surface area contributed by atoms with Gasteiger partial charge in [-0.05, 0) is 41.5 Å². The maximum absolute atomic E-state index is 3.42. The number of piperazine rings is 1. The molecule has 1 aromatic carbocycles. The van der Waals surface area contributed by atoms with Crippen LogP contribution in [0.25, 0.3) is 10.4 Å². The quantitative estimate of drug-likeness (QED) is 0.922. The van der Waals surface area contributed by atoms with Crippen LogP contribution in [0.3, 0.4) is 0 Å². The Morgan fingerprint density at radius 2 is 1.77 bits per heavy atom. The average molecular weight is 312 g/mol. The van der Waals surface area contributed by atoms with Gasteiger partial charge < -0.3 is 5.32 Å². The van der Waals surface area contributed by atoms with E-state index in [-0.39, 0.29) is 0 Å². The molecule has 0 spiro atoms. The Morgan fingerprint density at radius 1 is 1.05 bits per heavy atom. The summed E-state index contributed by atoms with van der Waals surface area (Å²) in [5.74, 6) is 0. The summed E-state index contributed by atoms with van der Waals surface area (Å²) >= 11 is 1.95. The zero-order valence-corrected chi connectivity index (χ0v) is 14.1. The number of rotatable bonds is 4. The van der Waals surface area contributed by atoms with Crippen LogP contribution in [0.5, 0.6) is 0 Å². The number of hydrogen-bond donors (Lipinski definition) is 1. The Balaban J connectivity index is 1.46. The van der Waals surface area contributed by atoms with Crippen molar-refractivity contribution in [3.63, 3.8) is 0 Å². The fourth-order valence-electron chi connectivity index (χ4n) is 3.22. The van der Waals surface area contributed by atoms with Crippen molar-refractivity contribution in [2.45, 2.75) is 31.7 Å². The summed E-state index contributed by atoms with van der Waals surface area (Å²) in [6.45, 7) is 8.05. The van der Waals surface area contributed by atoms with E-state index in [0.29, 0.717) is 5.41 Å². The summed E-state index contributed by atoms with van der Waals surface area (Å²) in [6.07, 6.45) is 2.69. The van der Waals surface area contributed by atoms with Gasteiger partial charge in [-0.3, -0.25) is 4.90 Å². The van der Waals surface area contributed by atoms with Crippen LogP contribution in [0.1, 0.15) is 30.2 Å². The number of nitrogens with zero attached hydrogens (tertiary/aromatic N) is 1. The molecule has 0 bridgehead atoms. The molecule has 0 radical (unpaired) electrons. The lowest BCUT2D eigenvalue weighted by molar-refractivity contribution is 0.235. The van der Waals surface area contributed by atoms with Crippen LogP contribution in [0, 0.1) is 0 Å². The van der Waals surface area contributed by atoms with Crippen molar-refractivity contribution in [3.05, 3.63) is 46.8 Å². The Kier molecular flexibility index (Phi) is 3.81. The van der Waals surface area contributed by atoms with E-state index >= 15 is 0 Å². The number of benzene rings is 1. The standard InChI is InChI=1S/C19H24N2S/c1-19(8-9-19)16-4-2-15(3-5-16)18-7-6-17(22-18)14-21-12-10-20-11-13-21/h2-7,20H,8-14H2,1H3. The minimum atomic E-state index is 0.474. The van der Waals surface area contributed by atoms with Gasteiger partial charge in [-0.15, -0.1) is 11.3 Å². The van der Waals surface area contributed by atoms with Crippen molar-refractivity contribution in [3.8, 4) is 10.4 Å². The molecular formula is C19H24N2S. The molecule has 2 nitrogen and oxygen atoms in total. The first-order valence-electron chi connectivity index (χ1n) is 8.36. The van der Waals surface area contributed by atoms with Crippen LogP contribution in [-0.4, -0.2) is 31.1 Å². The molecule has 0 unspecified atom stereocenters. The first kappa shape index (κ1) is 14.4. The predicted molar refractivity (Wildman–Crippen MR) is 94.5 cm³/mol. The zero-order valence-electron chi connectivity index (χ0n) is 13.3. The van der Waals surface area contributed by atoms with Crippen LogP contribution in [-0.2, 0) is 12.0 Å². The van der Waals surface area contributed by atoms with E-state index < -0.39 is 0 Å². The Hall–Kier alpha value is -1.16. The summed E-state index contributed by atoms with van der Waals surface area (Å²) in [7, 11) is 0. The Labute approximate surface area is 137 Å². The SMILES string of the molecule is CC1(c2ccc(-c3ccc(CN4CCNCC4)s3)cc2)CC1. The van der Waals surface area contributed by atoms with E-state index in [9.17, 15) is 0 Å². The first-order chi connectivity index (χ1) is 10.7. The minimum absolute atomic E-state index is 0.474. The van der Waals surface area contributed by atoms with Crippen LogP contribution < -0.4 is 5.32 Å². The molecule has 1 saturated heterocycles. The van der Waals surface area contributed by atoms with Gasteiger partial charge in [0.15, 0.2) is 0 Å². The molecule has 0 amide bonds. The summed E-state index contributed by atoms with van der Waals surface area (Å²) in [5.41, 5.74) is 3.35. The van der Waals surface area contributed by atoms with E-state index in [1.807, 2.05) is 11.3 Å². The number of hydrogen-bond acceptors (Lipinski definition) is 3. The predicted octanol–water partition coefficient (Wildman–Crippen LogP) is 3.87. The van der Waals surface area contributed by atoms with Crippen molar-refractivity contribution >= 4 is 11.3 Å². The Morgan fingerprint density at radius 3 is 2.45 bits per heavy atom. The fourth-order valence-corrected chi connectivity index (χ4v) is 4.28. The van der Waals surface area contributed by atoms with E-state index in [4.69, 9.17) is 0 Å². The lowest BCUT2D eigenvalue weighted by Crippen LogP contribution is -2.42. The van der Waals surface area contributed by atoms with Gasteiger partial charge in [-0.2, -0.15) is 0 Å². The van der Waals surface area contributed by atoms with Crippen molar-refractivity contribution < 1.29 is 0 Å². The van der Waals surface area contributed by atoms with Gasteiger partial charge in [0, 0.05) is 42.5 Å². The molecule has 22 heavy (non-hydrogen) atoms. The molecule has 2 aliphatic rings. The zero-order chi connectivity index (χ0) is 15.0. The molecule has 0 atom stereocenters. The third kappa shape index (κ3) is 2.98. The van der Waals surface area contributed by atoms with Crippen molar-refractivity contribution in [2.75, 3.05) is 26.2 Å². The largest absolute Gasteiger partial charge is 0.314 e. The normalized spacial score (nSPS) is 21.0. The first-order valence-corrected chi connectivity index (χ1v) is 9.17. The number of nitrogens with one attached hydrogen (secondary N) is 1. The molecule has 2 aromatic rings. The van der Waals surface area contributed by atoms with Gasteiger partial charge in [0.1, 0.15) is 0 Å². The van der Waals surface area contributed by atoms with Gasteiger partial charge in [-0.25, -0.2) is 0 Å². The molecule has 116 valence electrons. The van der Waals surface area contributed by atoms with Crippen LogP contribution in [0.2, 0.25) is 0 Å². The number of thiophene rings is 1. The van der Waals surface area contributed by atoms with Gasteiger partial charge in [0.05, 0.1) is 0 Å². The molecule has 1 aliphatic heterocycles. The molecule has 2 heterocycles. The van der Waals surface area contributed by atoms with E-state index in [1.165, 1.54) is 46.8 Å². The highest BCUT2D eigenvalue weighted by molar-refractivity contribution is 7.15. The van der Waals surface area contributed by atoms with E-state index in [1.54, 1.807) is 0 Å². The highest BCUT2D eigenvalue weighted by atomic mass is 32.1. The van der Waals surface area contributed by atoms with Crippen LogP contribution >= 0.6 is 11.3 Å². The minimum Gasteiger partial charge on any atom is -0.314 e. The molecule has 1 aliphatic carbocycles. The maximum Gasteiger partial charge on any atom is 0.0346 e. The molecule has 1 aromatic heterocycles. The third-order valence-electron chi connectivity index (χ3n) is 5.12. The van der Waals surface area contributed by atoms with Crippen molar-refractivity contribution in [2.24, 2.45) is 0 Å². The smallest absolute Gasteiger partial charge is 0.0346 e. The van der Waals surface area contributed by atoms with Crippen LogP contribution in [0.15, 0.2) is 36.4 Å². The van der Waals surface area contributed by atoms with E-state index in [2.05, 4.69) is 53.5 Å². The van der Waals surface area contributed by atoms with Gasteiger partial charge >= 0.3 is 0 Å². The molecule has 3 heteroatoms. The van der Waals surface area contributed by atoms with E-state index in [0.717, 1.165) is 19.6 Å². The van der Waals surface area contributed by atoms with Crippen molar-refractivity contribution in [1.82, 2.24) is 10.2 Å². The molecule has 4 rings (SSSR count).